The van der Waals surface area contributed by atoms with Crippen molar-refractivity contribution in [1.29, 1.82) is 0 Å². The van der Waals surface area contributed by atoms with Gasteiger partial charge in [0.05, 0.1) is 12.7 Å². The largest absolute Gasteiger partial charge is 0.405 e. The first-order valence-electron chi connectivity index (χ1n) is 11.2. The topological polar surface area (TPSA) is 41.5 Å². The van der Waals surface area contributed by atoms with Gasteiger partial charge in [0, 0.05) is 12.6 Å². The Bertz CT molecular complexity index is 915. The number of hydrogen-bond donors (Lipinski definition) is 2. The molecule has 0 heterocycles. The van der Waals surface area contributed by atoms with Crippen LogP contribution in [0.4, 0.5) is 0 Å². The standard InChI is InChI=1S/C28H35NO2Si/c1-5-24(29-21-27(30)23-15-9-6-10-16-23)22-31-32(28(2,3)4,25-17-11-7-12-18-25)26-19-13-8-14-20-26/h5-20,24,27,29-30H,1,21-22H2,2-4H3. The molecule has 2 unspecified atom stereocenters. The molecule has 3 aromatic rings. The molecule has 0 saturated heterocycles. The van der Waals surface area contributed by atoms with Crippen LogP contribution in [0.2, 0.25) is 5.04 Å². The van der Waals surface area contributed by atoms with E-state index >= 15 is 0 Å². The van der Waals surface area contributed by atoms with Gasteiger partial charge >= 0.3 is 0 Å². The normalized spacial score (nSPS) is 14.0. The van der Waals surface area contributed by atoms with Crippen LogP contribution in [-0.2, 0) is 4.43 Å². The first-order valence-corrected chi connectivity index (χ1v) is 13.1. The fraction of sp³-hybridized carbons (Fsp3) is 0.286. The van der Waals surface area contributed by atoms with Crippen LogP contribution in [0.25, 0.3) is 0 Å². The van der Waals surface area contributed by atoms with E-state index in [-0.39, 0.29) is 11.1 Å². The lowest BCUT2D eigenvalue weighted by Crippen LogP contribution is -2.67. The van der Waals surface area contributed by atoms with Gasteiger partial charge in [-0.05, 0) is 21.0 Å². The van der Waals surface area contributed by atoms with Crippen molar-refractivity contribution in [1.82, 2.24) is 5.32 Å². The highest BCUT2D eigenvalue weighted by Crippen LogP contribution is 2.36. The molecule has 2 N–H and O–H groups in total. The number of aliphatic hydroxyl groups is 1. The lowest BCUT2D eigenvalue weighted by atomic mass is 10.1. The van der Waals surface area contributed by atoms with Gasteiger partial charge in [-0.1, -0.05) is 118 Å². The molecule has 0 aromatic heterocycles. The van der Waals surface area contributed by atoms with Crippen LogP contribution in [0, 0.1) is 0 Å². The Morgan fingerprint density at radius 2 is 1.34 bits per heavy atom. The van der Waals surface area contributed by atoms with E-state index in [1.54, 1.807) is 0 Å². The molecule has 32 heavy (non-hydrogen) atoms. The van der Waals surface area contributed by atoms with Crippen LogP contribution >= 0.6 is 0 Å². The predicted molar refractivity (Wildman–Crippen MR) is 137 cm³/mol. The van der Waals surface area contributed by atoms with Gasteiger partial charge in [0.1, 0.15) is 0 Å². The molecule has 2 atom stereocenters. The summed E-state index contributed by atoms with van der Waals surface area (Å²) in [5.41, 5.74) is 0.899. The number of hydrogen-bond acceptors (Lipinski definition) is 3. The van der Waals surface area contributed by atoms with Gasteiger partial charge < -0.3 is 14.8 Å². The molecule has 0 spiro atoms. The zero-order valence-corrected chi connectivity index (χ0v) is 20.4. The second kappa shape index (κ2) is 10.9. The molecule has 0 fully saturated rings. The van der Waals surface area contributed by atoms with E-state index in [4.69, 9.17) is 4.43 Å². The minimum atomic E-state index is -2.60. The van der Waals surface area contributed by atoms with E-state index in [9.17, 15) is 5.11 Å². The zero-order valence-electron chi connectivity index (χ0n) is 19.4. The van der Waals surface area contributed by atoms with Gasteiger partial charge in [0.25, 0.3) is 8.32 Å². The maximum absolute atomic E-state index is 10.5. The Morgan fingerprint density at radius 3 is 1.78 bits per heavy atom. The van der Waals surface area contributed by atoms with Gasteiger partial charge in [-0.25, -0.2) is 0 Å². The summed E-state index contributed by atoms with van der Waals surface area (Å²) in [6.07, 6.45) is 1.29. The molecule has 0 aliphatic heterocycles. The maximum Gasteiger partial charge on any atom is 0.261 e. The summed E-state index contributed by atoms with van der Waals surface area (Å²) in [5.74, 6) is 0. The van der Waals surface area contributed by atoms with Crippen molar-refractivity contribution < 1.29 is 9.53 Å². The summed E-state index contributed by atoms with van der Waals surface area (Å²) in [6.45, 7) is 11.7. The fourth-order valence-electron chi connectivity index (χ4n) is 4.24. The summed E-state index contributed by atoms with van der Waals surface area (Å²) in [7, 11) is -2.60. The second-order valence-corrected chi connectivity index (χ2v) is 13.5. The van der Waals surface area contributed by atoms with Gasteiger partial charge in [0.2, 0.25) is 0 Å². The second-order valence-electron chi connectivity index (χ2n) is 9.15. The van der Waals surface area contributed by atoms with Crippen molar-refractivity contribution in [2.75, 3.05) is 13.2 Å². The first-order chi connectivity index (χ1) is 15.4. The third-order valence-electron chi connectivity index (χ3n) is 5.94. The smallest absolute Gasteiger partial charge is 0.261 e. The van der Waals surface area contributed by atoms with Gasteiger partial charge in [-0.15, -0.1) is 6.58 Å². The van der Waals surface area contributed by atoms with Crippen molar-refractivity contribution in [3.05, 3.63) is 109 Å². The summed E-state index contributed by atoms with van der Waals surface area (Å²) in [4.78, 5) is 0. The van der Waals surface area contributed by atoms with E-state index in [0.717, 1.165) is 5.56 Å². The molecule has 0 radical (unpaired) electrons. The minimum absolute atomic E-state index is 0.0741. The van der Waals surface area contributed by atoms with E-state index in [1.165, 1.54) is 10.4 Å². The molecule has 0 saturated carbocycles. The highest BCUT2D eigenvalue weighted by molar-refractivity contribution is 6.99. The Hall–Kier alpha value is -2.50. The van der Waals surface area contributed by atoms with E-state index in [1.807, 2.05) is 36.4 Å². The Labute approximate surface area is 193 Å². The molecule has 168 valence electrons. The van der Waals surface area contributed by atoms with Crippen molar-refractivity contribution in [2.24, 2.45) is 0 Å². The Morgan fingerprint density at radius 1 is 0.875 bits per heavy atom. The maximum atomic E-state index is 10.5. The average Bonchev–Trinajstić information content (AvgIpc) is 2.82. The van der Waals surface area contributed by atoms with Crippen LogP contribution in [-0.4, -0.2) is 32.6 Å². The molecule has 0 bridgehead atoms. The highest BCUT2D eigenvalue weighted by atomic mass is 28.4. The fourth-order valence-corrected chi connectivity index (χ4v) is 8.83. The van der Waals surface area contributed by atoms with E-state index in [0.29, 0.717) is 13.2 Å². The first kappa shape index (κ1) is 24.1. The Balaban J connectivity index is 1.84. The van der Waals surface area contributed by atoms with E-state index < -0.39 is 14.4 Å². The van der Waals surface area contributed by atoms with Crippen LogP contribution in [0.5, 0.6) is 0 Å². The molecule has 3 aromatic carbocycles. The molecule has 0 aliphatic carbocycles. The van der Waals surface area contributed by atoms with Gasteiger partial charge in [-0.2, -0.15) is 0 Å². The van der Waals surface area contributed by atoms with E-state index in [2.05, 4.69) is 93.3 Å². The SMILES string of the molecule is C=CC(CO[Si](c1ccccc1)(c1ccccc1)C(C)(C)C)NCC(O)c1ccccc1. The van der Waals surface area contributed by atoms with Crippen molar-refractivity contribution >= 4 is 18.7 Å². The Kier molecular flexibility index (Phi) is 8.21. The summed E-state index contributed by atoms with van der Waals surface area (Å²) in [5, 5.41) is 16.4. The molecular formula is C28H35NO2Si. The predicted octanol–water partition coefficient (Wildman–Crippen LogP) is 4.44. The zero-order chi connectivity index (χ0) is 23.0. The third-order valence-corrected chi connectivity index (χ3v) is 10.9. The average molecular weight is 446 g/mol. The van der Waals surface area contributed by atoms with Gasteiger partial charge in [-0.3, -0.25) is 0 Å². The summed E-state index contributed by atoms with van der Waals surface area (Å²) >= 11 is 0. The molecule has 0 amide bonds. The van der Waals surface area contributed by atoms with Crippen LogP contribution in [0.15, 0.2) is 104 Å². The number of benzene rings is 3. The highest BCUT2D eigenvalue weighted by Gasteiger charge is 2.50. The number of rotatable bonds is 10. The molecule has 0 aliphatic rings. The van der Waals surface area contributed by atoms with Gasteiger partial charge in [0.15, 0.2) is 0 Å². The van der Waals surface area contributed by atoms with Crippen molar-refractivity contribution in [2.45, 2.75) is 38.0 Å². The van der Waals surface area contributed by atoms with Crippen molar-refractivity contribution in [3.8, 4) is 0 Å². The molecule has 3 nitrogen and oxygen atoms in total. The summed E-state index contributed by atoms with van der Waals surface area (Å²) < 4.78 is 6.98. The lowest BCUT2D eigenvalue weighted by molar-refractivity contribution is 0.165. The quantitative estimate of drug-likeness (QED) is 0.358. The molecular weight excluding hydrogens is 410 g/mol. The third kappa shape index (κ3) is 5.45. The molecule has 4 heteroatoms. The van der Waals surface area contributed by atoms with Crippen LogP contribution < -0.4 is 15.7 Å². The molecule has 3 rings (SSSR count). The van der Waals surface area contributed by atoms with Crippen LogP contribution in [0.3, 0.4) is 0 Å². The van der Waals surface area contributed by atoms with Crippen molar-refractivity contribution in [3.63, 3.8) is 0 Å². The van der Waals surface area contributed by atoms with Crippen LogP contribution in [0.1, 0.15) is 32.4 Å². The number of aliphatic hydroxyl groups excluding tert-OH is 1. The lowest BCUT2D eigenvalue weighted by Gasteiger charge is -2.43. The number of nitrogens with one attached hydrogen (secondary N) is 1. The minimum Gasteiger partial charge on any atom is -0.405 e. The monoisotopic (exact) mass is 445 g/mol. The summed E-state index contributed by atoms with van der Waals surface area (Å²) in [6, 6.07) is 30.9.